The highest BCUT2D eigenvalue weighted by Gasteiger charge is 2.15. The Balaban J connectivity index is 2.06. The zero-order valence-electron chi connectivity index (χ0n) is 13.8. The Morgan fingerprint density at radius 1 is 1.27 bits per heavy atom. The van der Waals surface area contributed by atoms with Crippen molar-refractivity contribution in [1.82, 2.24) is 10.3 Å². The molecule has 0 atom stereocenters. The van der Waals surface area contributed by atoms with Crippen LogP contribution < -0.4 is 5.32 Å². The van der Waals surface area contributed by atoms with Crippen molar-refractivity contribution in [2.45, 2.75) is 58.5 Å². The number of nitrogens with zero attached hydrogens (tertiary/aromatic N) is 1. The molecule has 5 nitrogen and oxygen atoms in total. The molecule has 0 spiro atoms. The summed E-state index contributed by atoms with van der Waals surface area (Å²) in [5.74, 6) is 0. The van der Waals surface area contributed by atoms with E-state index in [0.29, 0.717) is 12.2 Å². The van der Waals surface area contributed by atoms with Gasteiger partial charge < -0.3 is 15.5 Å². The standard InChI is InChI=1S/C17H27N3O2/c1-17(2,3)22-16(21)19-12-7-5-4-6-9-14-10-8-11-15(13-18)20-14/h8,10-11,13,18H,4-7,9,12H2,1-3H3,(H,19,21). The van der Waals surface area contributed by atoms with Crippen molar-refractivity contribution < 1.29 is 9.53 Å². The fourth-order valence-electron chi connectivity index (χ4n) is 2.01. The third-order valence-corrected chi connectivity index (χ3v) is 3.00. The van der Waals surface area contributed by atoms with Gasteiger partial charge in [-0.05, 0) is 52.2 Å². The smallest absolute Gasteiger partial charge is 0.407 e. The lowest BCUT2D eigenvalue weighted by molar-refractivity contribution is 0.0527. The minimum absolute atomic E-state index is 0.347. The second-order valence-corrected chi connectivity index (χ2v) is 6.29. The van der Waals surface area contributed by atoms with E-state index in [9.17, 15) is 4.79 Å². The van der Waals surface area contributed by atoms with Crippen molar-refractivity contribution in [3.8, 4) is 0 Å². The van der Waals surface area contributed by atoms with Crippen LogP contribution in [0.2, 0.25) is 0 Å². The number of unbranched alkanes of at least 4 members (excludes halogenated alkanes) is 3. The molecule has 1 aromatic heterocycles. The van der Waals surface area contributed by atoms with Crippen LogP contribution in [0.4, 0.5) is 4.79 Å². The van der Waals surface area contributed by atoms with E-state index in [4.69, 9.17) is 10.1 Å². The van der Waals surface area contributed by atoms with Crippen molar-refractivity contribution >= 4 is 12.3 Å². The molecule has 0 aliphatic rings. The summed E-state index contributed by atoms with van der Waals surface area (Å²) >= 11 is 0. The topological polar surface area (TPSA) is 75.1 Å². The van der Waals surface area contributed by atoms with Gasteiger partial charge in [0.1, 0.15) is 5.60 Å². The molecule has 0 aliphatic carbocycles. The molecule has 0 aromatic carbocycles. The van der Waals surface area contributed by atoms with Gasteiger partial charge in [0.2, 0.25) is 0 Å². The summed E-state index contributed by atoms with van der Waals surface area (Å²) in [4.78, 5) is 15.8. The first kappa shape index (κ1) is 18.1. The van der Waals surface area contributed by atoms with Gasteiger partial charge in [-0.2, -0.15) is 0 Å². The van der Waals surface area contributed by atoms with Crippen LogP contribution in [0.5, 0.6) is 0 Å². The zero-order chi connectivity index (χ0) is 16.4. The van der Waals surface area contributed by atoms with Crippen LogP contribution in [0.15, 0.2) is 18.2 Å². The van der Waals surface area contributed by atoms with E-state index in [2.05, 4.69) is 10.3 Å². The lowest BCUT2D eigenvalue weighted by Gasteiger charge is -2.19. The Morgan fingerprint density at radius 2 is 2.00 bits per heavy atom. The average Bonchev–Trinajstić information content (AvgIpc) is 2.44. The Kier molecular flexibility index (Phi) is 7.57. The molecule has 22 heavy (non-hydrogen) atoms. The summed E-state index contributed by atoms with van der Waals surface area (Å²) in [7, 11) is 0. The first-order valence-corrected chi connectivity index (χ1v) is 7.84. The monoisotopic (exact) mass is 305 g/mol. The Morgan fingerprint density at radius 3 is 2.68 bits per heavy atom. The highest BCUT2D eigenvalue weighted by atomic mass is 16.6. The molecule has 5 heteroatoms. The van der Waals surface area contributed by atoms with Gasteiger partial charge >= 0.3 is 6.09 Å². The number of hydrogen-bond acceptors (Lipinski definition) is 4. The Labute approximate surface area is 133 Å². The van der Waals surface area contributed by atoms with Crippen LogP contribution in [0.3, 0.4) is 0 Å². The summed E-state index contributed by atoms with van der Waals surface area (Å²) < 4.78 is 5.17. The van der Waals surface area contributed by atoms with E-state index < -0.39 is 5.60 Å². The molecule has 1 rings (SSSR count). The molecule has 0 fully saturated rings. The summed E-state index contributed by atoms with van der Waals surface area (Å²) in [6, 6.07) is 5.77. The Bertz CT molecular complexity index is 481. The largest absolute Gasteiger partial charge is 0.444 e. The van der Waals surface area contributed by atoms with Crippen molar-refractivity contribution in [1.29, 1.82) is 5.41 Å². The van der Waals surface area contributed by atoms with Crippen LogP contribution in [0, 0.1) is 5.41 Å². The zero-order valence-corrected chi connectivity index (χ0v) is 13.8. The molecule has 0 unspecified atom stereocenters. The third-order valence-electron chi connectivity index (χ3n) is 3.00. The number of aryl methyl sites for hydroxylation is 1. The average molecular weight is 305 g/mol. The number of amides is 1. The van der Waals surface area contributed by atoms with Crippen LogP contribution in [-0.2, 0) is 11.2 Å². The maximum atomic E-state index is 11.4. The van der Waals surface area contributed by atoms with Gasteiger partial charge in [-0.25, -0.2) is 4.79 Å². The van der Waals surface area contributed by atoms with Gasteiger partial charge in [-0.3, -0.25) is 4.98 Å². The number of aromatic nitrogens is 1. The summed E-state index contributed by atoms with van der Waals surface area (Å²) in [5.41, 5.74) is 1.30. The highest BCUT2D eigenvalue weighted by Crippen LogP contribution is 2.08. The molecule has 0 aliphatic heterocycles. The first-order valence-electron chi connectivity index (χ1n) is 7.84. The maximum Gasteiger partial charge on any atom is 0.407 e. The molecule has 0 bridgehead atoms. The van der Waals surface area contributed by atoms with Gasteiger partial charge in [0.25, 0.3) is 0 Å². The number of carbonyl (C=O) groups is 1. The number of carbonyl (C=O) groups excluding carboxylic acids is 1. The fraction of sp³-hybridized carbons (Fsp3) is 0.588. The van der Waals surface area contributed by atoms with Gasteiger partial charge in [-0.15, -0.1) is 0 Å². The van der Waals surface area contributed by atoms with Crippen LogP contribution in [0.25, 0.3) is 0 Å². The van der Waals surface area contributed by atoms with E-state index in [1.54, 1.807) is 0 Å². The first-order chi connectivity index (χ1) is 10.4. The predicted octanol–water partition coefficient (Wildman–Crippen LogP) is 3.71. The molecule has 1 aromatic rings. The maximum absolute atomic E-state index is 11.4. The number of ether oxygens (including phenoxy) is 1. The fourth-order valence-corrected chi connectivity index (χ4v) is 2.01. The van der Waals surface area contributed by atoms with E-state index >= 15 is 0 Å². The summed E-state index contributed by atoms with van der Waals surface area (Å²) in [6.07, 6.45) is 6.05. The van der Waals surface area contributed by atoms with Gasteiger partial charge in [0.15, 0.2) is 0 Å². The van der Waals surface area contributed by atoms with Crippen molar-refractivity contribution in [3.05, 3.63) is 29.6 Å². The van der Waals surface area contributed by atoms with Crippen molar-refractivity contribution in [2.24, 2.45) is 0 Å². The molecule has 122 valence electrons. The van der Waals surface area contributed by atoms with Crippen molar-refractivity contribution in [3.63, 3.8) is 0 Å². The number of pyridine rings is 1. The predicted molar refractivity (Wildman–Crippen MR) is 88.5 cm³/mol. The van der Waals surface area contributed by atoms with E-state index in [1.807, 2.05) is 39.0 Å². The van der Waals surface area contributed by atoms with E-state index in [1.165, 1.54) is 6.21 Å². The lowest BCUT2D eigenvalue weighted by Crippen LogP contribution is -2.32. The molecule has 0 saturated carbocycles. The number of rotatable bonds is 8. The van der Waals surface area contributed by atoms with Crippen LogP contribution >= 0.6 is 0 Å². The van der Waals surface area contributed by atoms with Gasteiger partial charge in [0.05, 0.1) is 5.69 Å². The normalized spacial score (nSPS) is 11.0. The van der Waals surface area contributed by atoms with Gasteiger partial charge in [0, 0.05) is 18.5 Å². The summed E-state index contributed by atoms with van der Waals surface area (Å²) in [6.45, 7) is 6.22. The van der Waals surface area contributed by atoms with E-state index in [-0.39, 0.29) is 6.09 Å². The van der Waals surface area contributed by atoms with Gasteiger partial charge in [-0.1, -0.05) is 18.9 Å². The molecule has 1 heterocycles. The number of alkyl carbamates (subject to hydrolysis) is 1. The molecular weight excluding hydrogens is 278 g/mol. The van der Waals surface area contributed by atoms with Crippen molar-refractivity contribution in [2.75, 3.05) is 6.54 Å². The summed E-state index contributed by atoms with van der Waals surface area (Å²) in [5, 5.41) is 9.95. The molecule has 0 saturated heterocycles. The number of nitrogens with one attached hydrogen (secondary N) is 2. The number of hydrogen-bond donors (Lipinski definition) is 2. The highest BCUT2D eigenvalue weighted by molar-refractivity contribution is 5.73. The SMILES string of the molecule is CC(C)(C)OC(=O)NCCCCCCc1cccc(C=N)n1. The minimum atomic E-state index is -0.442. The second kappa shape index (κ2) is 9.18. The minimum Gasteiger partial charge on any atom is -0.444 e. The lowest BCUT2D eigenvalue weighted by atomic mass is 10.1. The molecule has 2 N–H and O–H groups in total. The van der Waals surface area contributed by atoms with E-state index in [0.717, 1.165) is 37.8 Å². The molecule has 0 radical (unpaired) electrons. The van der Waals surface area contributed by atoms with Crippen LogP contribution in [0.1, 0.15) is 57.8 Å². The Hall–Kier alpha value is -1.91. The quantitative estimate of drug-likeness (QED) is 0.568. The van der Waals surface area contributed by atoms with Crippen LogP contribution in [-0.4, -0.2) is 29.4 Å². The molecule has 1 amide bonds. The third kappa shape index (κ3) is 8.39. The molecular formula is C17H27N3O2. The second-order valence-electron chi connectivity index (χ2n) is 6.29.